The molecule has 4 heteroatoms. The number of hydrogen-bond acceptors (Lipinski definition) is 3. The third-order valence-corrected chi connectivity index (χ3v) is 3.06. The highest BCUT2D eigenvalue weighted by Gasteiger charge is 2.30. The number of rotatable bonds is 6. The Morgan fingerprint density at radius 1 is 1.50 bits per heavy atom. The Kier molecular flexibility index (Phi) is 4.96. The van der Waals surface area contributed by atoms with Crippen LogP contribution in [0, 0.1) is 0 Å². The highest BCUT2D eigenvalue weighted by atomic mass is 16.4. The molecule has 0 saturated heterocycles. The smallest absolute Gasteiger partial charge is 0.304 e. The van der Waals surface area contributed by atoms with Crippen LogP contribution in [0.1, 0.15) is 52.3 Å². The van der Waals surface area contributed by atoms with Crippen molar-refractivity contribution >= 4 is 5.97 Å². The standard InChI is InChI=1S/C14H23NO3/c1-5-11(12-7-6-10-18-12)15(14(2,3)4)9-8-13(16)17/h6-7,10-11H,5,8-9H2,1-4H3,(H,16,17). The molecule has 0 radical (unpaired) electrons. The van der Waals surface area contributed by atoms with E-state index in [1.807, 2.05) is 12.1 Å². The lowest BCUT2D eigenvalue weighted by molar-refractivity contribution is -0.137. The molecule has 1 unspecified atom stereocenters. The molecule has 0 spiro atoms. The molecule has 0 amide bonds. The van der Waals surface area contributed by atoms with Crippen molar-refractivity contribution in [3.8, 4) is 0 Å². The van der Waals surface area contributed by atoms with E-state index in [9.17, 15) is 4.79 Å². The molecular formula is C14H23NO3. The number of carbonyl (C=O) groups is 1. The van der Waals surface area contributed by atoms with Gasteiger partial charge in [0.15, 0.2) is 0 Å². The Bertz CT molecular complexity index is 365. The van der Waals surface area contributed by atoms with E-state index < -0.39 is 5.97 Å². The van der Waals surface area contributed by atoms with Gasteiger partial charge < -0.3 is 9.52 Å². The van der Waals surface area contributed by atoms with Crippen LogP contribution in [-0.2, 0) is 4.79 Å². The van der Waals surface area contributed by atoms with E-state index in [4.69, 9.17) is 9.52 Å². The van der Waals surface area contributed by atoms with Gasteiger partial charge in [0.2, 0.25) is 0 Å². The summed E-state index contributed by atoms with van der Waals surface area (Å²) in [6, 6.07) is 3.95. The predicted molar refractivity (Wildman–Crippen MR) is 70.5 cm³/mol. The lowest BCUT2D eigenvalue weighted by Gasteiger charge is -2.40. The maximum Gasteiger partial charge on any atom is 0.304 e. The molecule has 18 heavy (non-hydrogen) atoms. The van der Waals surface area contributed by atoms with E-state index in [0.717, 1.165) is 12.2 Å². The number of nitrogens with zero attached hydrogens (tertiary/aromatic N) is 1. The molecule has 4 nitrogen and oxygen atoms in total. The first kappa shape index (κ1) is 14.8. The van der Waals surface area contributed by atoms with Gasteiger partial charge in [-0.3, -0.25) is 9.69 Å². The molecule has 1 atom stereocenters. The van der Waals surface area contributed by atoms with Crippen LogP contribution in [-0.4, -0.2) is 28.1 Å². The molecule has 0 aromatic carbocycles. The molecule has 1 N–H and O–H groups in total. The van der Waals surface area contributed by atoms with Crippen LogP contribution in [0.4, 0.5) is 0 Å². The summed E-state index contributed by atoms with van der Waals surface area (Å²) in [6.45, 7) is 8.91. The lowest BCUT2D eigenvalue weighted by atomic mass is 9.99. The van der Waals surface area contributed by atoms with Crippen LogP contribution in [0.15, 0.2) is 22.8 Å². The second-order valence-electron chi connectivity index (χ2n) is 5.45. The van der Waals surface area contributed by atoms with Crippen LogP contribution in [0.25, 0.3) is 0 Å². The van der Waals surface area contributed by atoms with Crippen LogP contribution >= 0.6 is 0 Å². The minimum absolute atomic E-state index is 0.0943. The zero-order valence-electron chi connectivity index (χ0n) is 11.6. The molecule has 1 rings (SSSR count). The number of carboxylic acid groups (broad SMARTS) is 1. The minimum atomic E-state index is -0.765. The number of carboxylic acids is 1. The topological polar surface area (TPSA) is 53.7 Å². The zero-order valence-corrected chi connectivity index (χ0v) is 11.6. The molecule has 0 aliphatic heterocycles. The fourth-order valence-electron chi connectivity index (χ4n) is 2.23. The summed E-state index contributed by atoms with van der Waals surface area (Å²) in [5.41, 5.74) is -0.0943. The van der Waals surface area contributed by atoms with Crippen LogP contribution < -0.4 is 0 Å². The van der Waals surface area contributed by atoms with E-state index >= 15 is 0 Å². The summed E-state index contributed by atoms with van der Waals surface area (Å²) in [5.74, 6) is 0.136. The van der Waals surface area contributed by atoms with Gasteiger partial charge in [-0.2, -0.15) is 0 Å². The van der Waals surface area contributed by atoms with Gasteiger partial charge in [-0.25, -0.2) is 0 Å². The minimum Gasteiger partial charge on any atom is -0.481 e. The third-order valence-electron chi connectivity index (χ3n) is 3.06. The van der Waals surface area contributed by atoms with Crippen molar-refractivity contribution < 1.29 is 14.3 Å². The summed E-state index contributed by atoms with van der Waals surface area (Å²) < 4.78 is 5.48. The Morgan fingerprint density at radius 2 is 2.17 bits per heavy atom. The first-order valence-corrected chi connectivity index (χ1v) is 6.38. The number of aliphatic carboxylic acids is 1. The second kappa shape index (κ2) is 6.05. The van der Waals surface area contributed by atoms with Crippen molar-refractivity contribution in [2.24, 2.45) is 0 Å². The maximum absolute atomic E-state index is 10.8. The summed E-state index contributed by atoms with van der Waals surface area (Å²) in [4.78, 5) is 13.0. The highest BCUT2D eigenvalue weighted by molar-refractivity contribution is 5.66. The van der Waals surface area contributed by atoms with Crippen molar-refractivity contribution in [2.45, 2.75) is 52.1 Å². The zero-order chi connectivity index (χ0) is 13.8. The van der Waals surface area contributed by atoms with Crippen molar-refractivity contribution in [2.75, 3.05) is 6.54 Å². The van der Waals surface area contributed by atoms with E-state index in [1.54, 1.807) is 6.26 Å². The molecular weight excluding hydrogens is 230 g/mol. The van der Waals surface area contributed by atoms with E-state index in [0.29, 0.717) is 6.54 Å². The summed E-state index contributed by atoms with van der Waals surface area (Å²) >= 11 is 0. The van der Waals surface area contributed by atoms with E-state index in [2.05, 4.69) is 32.6 Å². The Balaban J connectivity index is 2.89. The van der Waals surface area contributed by atoms with Gasteiger partial charge in [-0.05, 0) is 39.3 Å². The van der Waals surface area contributed by atoms with Crippen LogP contribution in [0.5, 0.6) is 0 Å². The highest BCUT2D eigenvalue weighted by Crippen LogP contribution is 2.31. The normalized spacial score (nSPS) is 13.8. The van der Waals surface area contributed by atoms with Gasteiger partial charge in [0.25, 0.3) is 0 Å². The largest absolute Gasteiger partial charge is 0.481 e. The first-order chi connectivity index (χ1) is 8.36. The van der Waals surface area contributed by atoms with Crippen molar-refractivity contribution in [1.82, 2.24) is 4.90 Å². The van der Waals surface area contributed by atoms with Crippen molar-refractivity contribution in [1.29, 1.82) is 0 Å². The van der Waals surface area contributed by atoms with Crippen LogP contribution in [0.3, 0.4) is 0 Å². The summed E-state index contributed by atoms with van der Waals surface area (Å²) in [6.07, 6.45) is 2.70. The van der Waals surface area contributed by atoms with Gasteiger partial charge in [0.1, 0.15) is 5.76 Å². The Hall–Kier alpha value is -1.29. The fourth-order valence-corrected chi connectivity index (χ4v) is 2.23. The monoisotopic (exact) mass is 253 g/mol. The van der Waals surface area contributed by atoms with Crippen molar-refractivity contribution in [3.05, 3.63) is 24.2 Å². The molecule has 0 bridgehead atoms. The molecule has 1 aromatic heterocycles. The molecule has 0 fully saturated rings. The molecule has 102 valence electrons. The van der Waals surface area contributed by atoms with E-state index in [1.165, 1.54) is 0 Å². The van der Waals surface area contributed by atoms with Crippen molar-refractivity contribution in [3.63, 3.8) is 0 Å². The fraction of sp³-hybridized carbons (Fsp3) is 0.643. The van der Waals surface area contributed by atoms with Gasteiger partial charge in [0, 0.05) is 12.1 Å². The third kappa shape index (κ3) is 3.88. The maximum atomic E-state index is 10.8. The Morgan fingerprint density at radius 3 is 2.56 bits per heavy atom. The average Bonchev–Trinajstić information content (AvgIpc) is 2.75. The first-order valence-electron chi connectivity index (χ1n) is 6.38. The second-order valence-corrected chi connectivity index (χ2v) is 5.45. The van der Waals surface area contributed by atoms with E-state index in [-0.39, 0.29) is 18.0 Å². The molecule has 0 aliphatic rings. The summed E-state index contributed by atoms with van der Waals surface area (Å²) in [7, 11) is 0. The number of hydrogen-bond donors (Lipinski definition) is 1. The Labute approximate surface area is 109 Å². The molecule has 0 aliphatic carbocycles. The molecule has 1 heterocycles. The van der Waals surface area contributed by atoms with Gasteiger partial charge in [-0.15, -0.1) is 0 Å². The molecule has 0 saturated carbocycles. The quantitative estimate of drug-likeness (QED) is 0.845. The summed E-state index contributed by atoms with van der Waals surface area (Å²) in [5, 5.41) is 8.86. The van der Waals surface area contributed by atoms with Gasteiger partial charge in [-0.1, -0.05) is 6.92 Å². The van der Waals surface area contributed by atoms with Crippen LogP contribution in [0.2, 0.25) is 0 Å². The predicted octanol–water partition coefficient (Wildman–Crippen LogP) is 3.31. The SMILES string of the molecule is CCC(c1ccco1)N(CCC(=O)O)C(C)(C)C. The van der Waals surface area contributed by atoms with Gasteiger partial charge >= 0.3 is 5.97 Å². The molecule has 1 aromatic rings. The number of furan rings is 1. The lowest BCUT2D eigenvalue weighted by Crippen LogP contribution is -2.44. The van der Waals surface area contributed by atoms with Gasteiger partial charge in [0.05, 0.1) is 18.7 Å². The average molecular weight is 253 g/mol.